The minimum atomic E-state index is 0.792. The molecule has 1 nitrogen and oxygen atoms in total. The van der Waals surface area contributed by atoms with Crippen molar-refractivity contribution < 1.29 is 0 Å². The molecule has 0 radical (unpaired) electrons. The fraction of sp³-hybridized carbons (Fsp3) is 0.647. The van der Waals surface area contributed by atoms with Gasteiger partial charge in [0.05, 0.1) is 0 Å². The first-order chi connectivity index (χ1) is 8.90. The summed E-state index contributed by atoms with van der Waals surface area (Å²) >= 11 is 0. The highest BCUT2D eigenvalue weighted by Crippen LogP contribution is 2.25. The van der Waals surface area contributed by atoms with Crippen molar-refractivity contribution in [3.05, 3.63) is 35.4 Å². The Kier molecular flexibility index (Phi) is 5.73. The molecule has 0 atom stereocenters. The summed E-state index contributed by atoms with van der Waals surface area (Å²) < 4.78 is 0. The molecule has 2 rings (SSSR count). The number of hydrogen-bond acceptors (Lipinski definition) is 1. The smallest absolute Gasteiger partial charge is 0.00431 e. The fourth-order valence-corrected chi connectivity index (χ4v) is 2.87. The van der Waals surface area contributed by atoms with Gasteiger partial charge in [-0.05, 0) is 55.8 Å². The summed E-state index contributed by atoms with van der Waals surface area (Å²) in [6, 6.07) is 9.43. The summed E-state index contributed by atoms with van der Waals surface area (Å²) in [6.07, 6.45) is 9.30. The highest BCUT2D eigenvalue weighted by Gasteiger charge is 2.14. The maximum Gasteiger partial charge on any atom is -0.00431 e. The molecule has 0 bridgehead atoms. The van der Waals surface area contributed by atoms with Crippen molar-refractivity contribution in [2.45, 2.75) is 57.8 Å². The Labute approximate surface area is 112 Å². The van der Waals surface area contributed by atoms with Crippen LogP contribution in [0.3, 0.4) is 0 Å². The zero-order valence-electron chi connectivity index (χ0n) is 11.8. The van der Waals surface area contributed by atoms with E-state index in [-0.39, 0.29) is 0 Å². The third-order valence-corrected chi connectivity index (χ3v) is 4.11. The number of nitrogens with one attached hydrogen (secondary N) is 1. The van der Waals surface area contributed by atoms with E-state index < -0.39 is 0 Å². The van der Waals surface area contributed by atoms with E-state index in [1.54, 1.807) is 5.56 Å². The van der Waals surface area contributed by atoms with E-state index in [9.17, 15) is 0 Å². The average Bonchev–Trinajstić information content (AvgIpc) is 2.45. The van der Waals surface area contributed by atoms with E-state index in [1.165, 1.54) is 63.6 Å². The lowest BCUT2D eigenvalue weighted by atomic mass is 9.89. The van der Waals surface area contributed by atoms with Crippen LogP contribution in [0.15, 0.2) is 24.3 Å². The van der Waals surface area contributed by atoms with E-state index >= 15 is 0 Å². The first-order valence-electron chi connectivity index (χ1n) is 7.69. The van der Waals surface area contributed by atoms with E-state index in [2.05, 4.69) is 36.5 Å². The van der Waals surface area contributed by atoms with Crippen LogP contribution in [0.25, 0.3) is 0 Å². The van der Waals surface area contributed by atoms with Gasteiger partial charge in [0.2, 0.25) is 0 Å². The lowest BCUT2D eigenvalue weighted by Gasteiger charge is -2.23. The second kappa shape index (κ2) is 7.58. The van der Waals surface area contributed by atoms with Gasteiger partial charge < -0.3 is 5.32 Å². The predicted octanol–water partition coefficient (Wildman–Crippen LogP) is 4.28. The van der Waals surface area contributed by atoms with Gasteiger partial charge in [0.1, 0.15) is 0 Å². The molecule has 1 aliphatic rings. The van der Waals surface area contributed by atoms with Gasteiger partial charge in [-0.15, -0.1) is 0 Å². The minimum Gasteiger partial charge on any atom is -0.317 e. The molecule has 1 heterocycles. The van der Waals surface area contributed by atoms with Gasteiger partial charge in [-0.25, -0.2) is 0 Å². The van der Waals surface area contributed by atoms with Crippen LogP contribution in [-0.2, 0) is 6.42 Å². The van der Waals surface area contributed by atoms with Gasteiger partial charge in [-0.1, -0.05) is 50.5 Å². The molecule has 100 valence electrons. The molecule has 1 N–H and O–H groups in total. The first kappa shape index (κ1) is 13.6. The van der Waals surface area contributed by atoms with E-state index in [0.717, 1.165) is 5.92 Å². The quantitative estimate of drug-likeness (QED) is 0.738. The van der Waals surface area contributed by atoms with Gasteiger partial charge in [0.15, 0.2) is 0 Å². The summed E-state index contributed by atoms with van der Waals surface area (Å²) in [5, 5.41) is 3.44. The van der Waals surface area contributed by atoms with Crippen molar-refractivity contribution in [2.24, 2.45) is 0 Å². The van der Waals surface area contributed by atoms with Gasteiger partial charge in [0.25, 0.3) is 0 Å². The number of piperidine rings is 1. The normalized spacial score (nSPS) is 16.9. The summed E-state index contributed by atoms with van der Waals surface area (Å²) in [5.74, 6) is 0.792. The molecule has 18 heavy (non-hydrogen) atoms. The summed E-state index contributed by atoms with van der Waals surface area (Å²) in [6.45, 7) is 4.64. The molecular weight excluding hydrogens is 218 g/mol. The maximum atomic E-state index is 3.44. The van der Waals surface area contributed by atoms with Crippen LogP contribution >= 0.6 is 0 Å². The number of benzene rings is 1. The van der Waals surface area contributed by atoms with E-state index in [0.29, 0.717) is 0 Å². The van der Waals surface area contributed by atoms with Gasteiger partial charge in [-0.2, -0.15) is 0 Å². The Balaban J connectivity index is 1.81. The third kappa shape index (κ3) is 4.13. The lowest BCUT2D eigenvalue weighted by molar-refractivity contribution is 0.460. The average molecular weight is 245 g/mol. The second-order valence-electron chi connectivity index (χ2n) is 5.58. The van der Waals surface area contributed by atoms with Crippen LogP contribution in [0.4, 0.5) is 0 Å². The minimum absolute atomic E-state index is 0.792. The van der Waals surface area contributed by atoms with Gasteiger partial charge in [0, 0.05) is 0 Å². The molecule has 0 spiro atoms. The van der Waals surface area contributed by atoms with Crippen molar-refractivity contribution >= 4 is 0 Å². The van der Waals surface area contributed by atoms with Gasteiger partial charge in [-0.3, -0.25) is 0 Å². The summed E-state index contributed by atoms with van der Waals surface area (Å²) in [5.41, 5.74) is 3.07. The van der Waals surface area contributed by atoms with E-state index in [1.807, 2.05) is 0 Å². The fourth-order valence-electron chi connectivity index (χ4n) is 2.87. The zero-order chi connectivity index (χ0) is 12.6. The predicted molar refractivity (Wildman–Crippen MR) is 79.1 cm³/mol. The molecule has 0 amide bonds. The summed E-state index contributed by atoms with van der Waals surface area (Å²) in [7, 11) is 0. The SMILES string of the molecule is CCCCCCc1ccc(C2CCNCC2)cc1. The number of aryl methyl sites for hydroxylation is 1. The standard InChI is InChI=1S/C17H27N/c1-2-3-4-5-6-15-7-9-16(10-8-15)17-11-13-18-14-12-17/h7-10,17-18H,2-6,11-14H2,1H3. The first-order valence-corrected chi connectivity index (χ1v) is 7.69. The molecule has 0 unspecified atom stereocenters. The van der Waals surface area contributed by atoms with Crippen molar-refractivity contribution in [3.63, 3.8) is 0 Å². The molecule has 1 fully saturated rings. The molecule has 0 saturated carbocycles. The van der Waals surface area contributed by atoms with Crippen LogP contribution in [0.2, 0.25) is 0 Å². The Morgan fingerprint density at radius 1 is 1.00 bits per heavy atom. The van der Waals surface area contributed by atoms with Gasteiger partial charge >= 0.3 is 0 Å². The molecule has 0 aromatic heterocycles. The number of rotatable bonds is 6. The molecule has 1 saturated heterocycles. The lowest BCUT2D eigenvalue weighted by Crippen LogP contribution is -2.26. The van der Waals surface area contributed by atoms with Crippen molar-refractivity contribution in [3.8, 4) is 0 Å². The Hall–Kier alpha value is -0.820. The monoisotopic (exact) mass is 245 g/mol. The molecule has 0 aliphatic carbocycles. The van der Waals surface area contributed by atoms with Crippen LogP contribution in [-0.4, -0.2) is 13.1 Å². The highest BCUT2D eigenvalue weighted by atomic mass is 14.9. The number of unbranched alkanes of at least 4 members (excludes halogenated alkanes) is 3. The van der Waals surface area contributed by atoms with Crippen LogP contribution < -0.4 is 5.32 Å². The molecular formula is C17H27N. The largest absolute Gasteiger partial charge is 0.317 e. The molecule has 1 aliphatic heterocycles. The van der Waals surface area contributed by atoms with Crippen LogP contribution in [0.5, 0.6) is 0 Å². The molecule has 1 aromatic carbocycles. The third-order valence-electron chi connectivity index (χ3n) is 4.11. The topological polar surface area (TPSA) is 12.0 Å². The zero-order valence-corrected chi connectivity index (χ0v) is 11.8. The van der Waals surface area contributed by atoms with Crippen molar-refractivity contribution in [1.82, 2.24) is 5.32 Å². The Morgan fingerprint density at radius 3 is 2.39 bits per heavy atom. The Morgan fingerprint density at radius 2 is 1.72 bits per heavy atom. The molecule has 1 aromatic rings. The van der Waals surface area contributed by atoms with Crippen molar-refractivity contribution in [1.29, 1.82) is 0 Å². The van der Waals surface area contributed by atoms with Crippen LogP contribution in [0, 0.1) is 0 Å². The number of hydrogen-bond donors (Lipinski definition) is 1. The maximum absolute atomic E-state index is 3.44. The van der Waals surface area contributed by atoms with Crippen LogP contribution in [0.1, 0.15) is 62.5 Å². The Bertz CT molecular complexity index is 322. The van der Waals surface area contributed by atoms with E-state index in [4.69, 9.17) is 0 Å². The highest BCUT2D eigenvalue weighted by molar-refractivity contribution is 5.26. The summed E-state index contributed by atoms with van der Waals surface area (Å²) in [4.78, 5) is 0. The molecule has 1 heteroatoms. The van der Waals surface area contributed by atoms with Crippen molar-refractivity contribution in [2.75, 3.05) is 13.1 Å². The second-order valence-corrected chi connectivity index (χ2v) is 5.58.